The Morgan fingerprint density at radius 2 is 2.11 bits per heavy atom. The van der Waals surface area contributed by atoms with E-state index in [1.807, 2.05) is 13.8 Å². The molecule has 7 heteroatoms. The number of nitro groups is 1. The largest absolute Gasteiger partial charge is 0.495 e. The summed E-state index contributed by atoms with van der Waals surface area (Å²) in [5.74, 6) is 0.361. The van der Waals surface area contributed by atoms with Crippen molar-refractivity contribution >= 4 is 17.4 Å². The van der Waals surface area contributed by atoms with Crippen molar-refractivity contribution in [1.82, 2.24) is 5.32 Å². The third-order valence-electron chi connectivity index (χ3n) is 2.06. The molecule has 0 heterocycles. The molecule has 1 aromatic carbocycles. The van der Waals surface area contributed by atoms with Crippen LogP contribution in [-0.4, -0.2) is 24.1 Å². The molecule has 0 saturated carbocycles. The fourth-order valence-electron chi connectivity index (χ4n) is 1.33. The van der Waals surface area contributed by atoms with Gasteiger partial charge in [0.1, 0.15) is 5.75 Å². The summed E-state index contributed by atoms with van der Waals surface area (Å²) in [6.07, 6.45) is 0. The highest BCUT2D eigenvalue weighted by atomic mass is 16.6. The van der Waals surface area contributed by atoms with Crippen LogP contribution in [0.2, 0.25) is 0 Å². The molecule has 0 aliphatic carbocycles. The molecule has 0 aliphatic heterocycles. The second-order valence-electron chi connectivity index (χ2n) is 3.89. The number of rotatable bonds is 4. The number of hydrogen-bond donors (Lipinski definition) is 2. The molecule has 0 radical (unpaired) electrons. The topological polar surface area (TPSA) is 93.5 Å². The fraction of sp³-hybridized carbons (Fsp3) is 0.364. The molecule has 0 unspecified atom stereocenters. The summed E-state index contributed by atoms with van der Waals surface area (Å²) in [5.41, 5.74) is 0.139. The molecule has 0 bridgehead atoms. The van der Waals surface area contributed by atoms with Crippen molar-refractivity contribution in [2.75, 3.05) is 12.4 Å². The molecule has 0 atom stereocenters. The van der Waals surface area contributed by atoms with Crippen molar-refractivity contribution in [3.8, 4) is 5.75 Å². The monoisotopic (exact) mass is 253 g/mol. The van der Waals surface area contributed by atoms with Gasteiger partial charge in [0.15, 0.2) is 0 Å². The minimum Gasteiger partial charge on any atom is -0.495 e. The van der Waals surface area contributed by atoms with Crippen LogP contribution in [0.15, 0.2) is 18.2 Å². The zero-order valence-electron chi connectivity index (χ0n) is 10.4. The highest BCUT2D eigenvalue weighted by Crippen LogP contribution is 2.28. The SMILES string of the molecule is COc1ccc([N+](=O)[O-])cc1NC(=O)NC(C)C. The predicted octanol–water partition coefficient (Wildman–Crippen LogP) is 2.13. The van der Waals surface area contributed by atoms with Crippen LogP contribution >= 0.6 is 0 Å². The Morgan fingerprint density at radius 3 is 2.61 bits per heavy atom. The predicted molar refractivity (Wildman–Crippen MR) is 66.9 cm³/mol. The number of urea groups is 1. The summed E-state index contributed by atoms with van der Waals surface area (Å²) in [4.78, 5) is 21.6. The van der Waals surface area contributed by atoms with E-state index in [0.29, 0.717) is 5.75 Å². The van der Waals surface area contributed by atoms with E-state index in [4.69, 9.17) is 4.74 Å². The highest BCUT2D eigenvalue weighted by Gasteiger charge is 2.13. The van der Waals surface area contributed by atoms with Crippen molar-refractivity contribution in [2.45, 2.75) is 19.9 Å². The van der Waals surface area contributed by atoms with E-state index < -0.39 is 11.0 Å². The van der Waals surface area contributed by atoms with E-state index in [2.05, 4.69) is 10.6 Å². The molecule has 0 saturated heterocycles. The lowest BCUT2D eigenvalue weighted by molar-refractivity contribution is -0.384. The Kier molecular flexibility index (Phi) is 4.47. The van der Waals surface area contributed by atoms with Crippen LogP contribution in [0.5, 0.6) is 5.75 Å². The number of ether oxygens (including phenoxy) is 1. The maximum Gasteiger partial charge on any atom is 0.319 e. The van der Waals surface area contributed by atoms with Gasteiger partial charge in [-0.15, -0.1) is 0 Å². The molecular weight excluding hydrogens is 238 g/mol. The maximum atomic E-state index is 11.5. The first kappa shape index (κ1) is 13.8. The van der Waals surface area contributed by atoms with Crippen LogP contribution in [0, 0.1) is 10.1 Å². The summed E-state index contributed by atoms with van der Waals surface area (Å²) < 4.78 is 5.02. The number of anilines is 1. The Hall–Kier alpha value is -2.31. The minimum atomic E-state index is -0.537. The number of amides is 2. The third-order valence-corrected chi connectivity index (χ3v) is 2.06. The first-order valence-electron chi connectivity index (χ1n) is 5.34. The first-order chi connectivity index (χ1) is 8.43. The molecule has 1 aromatic rings. The van der Waals surface area contributed by atoms with Gasteiger partial charge in [-0.25, -0.2) is 4.79 Å². The molecule has 7 nitrogen and oxygen atoms in total. The van der Waals surface area contributed by atoms with Gasteiger partial charge >= 0.3 is 6.03 Å². The molecule has 0 fully saturated rings. The number of carbonyl (C=O) groups is 1. The van der Waals surface area contributed by atoms with Gasteiger partial charge < -0.3 is 15.4 Å². The normalized spacial score (nSPS) is 10.0. The van der Waals surface area contributed by atoms with E-state index in [9.17, 15) is 14.9 Å². The molecule has 1 rings (SSSR count). The number of nitrogens with zero attached hydrogens (tertiary/aromatic N) is 1. The summed E-state index contributed by atoms with van der Waals surface area (Å²) in [6.45, 7) is 3.62. The second kappa shape index (κ2) is 5.85. The van der Waals surface area contributed by atoms with Crippen LogP contribution < -0.4 is 15.4 Å². The molecule has 18 heavy (non-hydrogen) atoms. The Labute approximate surface area is 104 Å². The number of nitro benzene ring substituents is 1. The minimum absolute atomic E-state index is 0.0327. The van der Waals surface area contributed by atoms with Gasteiger partial charge in [-0.05, 0) is 19.9 Å². The fourth-order valence-corrected chi connectivity index (χ4v) is 1.33. The second-order valence-corrected chi connectivity index (χ2v) is 3.89. The van der Waals surface area contributed by atoms with Gasteiger partial charge in [-0.3, -0.25) is 10.1 Å². The van der Waals surface area contributed by atoms with Crippen molar-refractivity contribution in [2.24, 2.45) is 0 Å². The van der Waals surface area contributed by atoms with Gasteiger partial charge in [-0.1, -0.05) is 0 Å². The van der Waals surface area contributed by atoms with Crippen LogP contribution in [0.3, 0.4) is 0 Å². The lowest BCUT2D eigenvalue weighted by Crippen LogP contribution is -2.34. The van der Waals surface area contributed by atoms with Gasteiger partial charge in [0.2, 0.25) is 0 Å². The van der Waals surface area contributed by atoms with Crippen molar-refractivity contribution < 1.29 is 14.5 Å². The van der Waals surface area contributed by atoms with E-state index in [1.165, 1.54) is 25.3 Å². The summed E-state index contributed by atoms with van der Waals surface area (Å²) in [6, 6.07) is 3.52. The molecule has 0 spiro atoms. The number of benzene rings is 1. The van der Waals surface area contributed by atoms with E-state index >= 15 is 0 Å². The average molecular weight is 253 g/mol. The molecular formula is C11H15N3O4. The lowest BCUT2D eigenvalue weighted by atomic mass is 10.2. The molecule has 0 aliphatic rings. The summed E-state index contributed by atoms with van der Waals surface area (Å²) in [7, 11) is 1.42. The summed E-state index contributed by atoms with van der Waals surface area (Å²) >= 11 is 0. The van der Waals surface area contributed by atoms with Gasteiger partial charge in [0, 0.05) is 18.2 Å². The molecule has 2 N–H and O–H groups in total. The van der Waals surface area contributed by atoms with Crippen LogP contribution in [0.4, 0.5) is 16.2 Å². The van der Waals surface area contributed by atoms with Crippen molar-refractivity contribution in [3.63, 3.8) is 0 Å². The van der Waals surface area contributed by atoms with Gasteiger partial charge in [-0.2, -0.15) is 0 Å². The number of non-ortho nitro benzene ring substituents is 1. The van der Waals surface area contributed by atoms with Gasteiger partial charge in [0.05, 0.1) is 17.7 Å². The average Bonchev–Trinajstić information content (AvgIpc) is 2.27. The van der Waals surface area contributed by atoms with Crippen LogP contribution in [0.1, 0.15) is 13.8 Å². The smallest absolute Gasteiger partial charge is 0.319 e. The molecule has 2 amide bonds. The number of carbonyl (C=O) groups excluding carboxylic acids is 1. The van der Waals surface area contributed by atoms with E-state index in [1.54, 1.807) is 0 Å². The maximum absolute atomic E-state index is 11.5. The van der Waals surface area contributed by atoms with Gasteiger partial charge in [0.25, 0.3) is 5.69 Å². The van der Waals surface area contributed by atoms with Crippen LogP contribution in [0.25, 0.3) is 0 Å². The zero-order valence-corrected chi connectivity index (χ0v) is 10.4. The third kappa shape index (κ3) is 3.62. The lowest BCUT2D eigenvalue weighted by Gasteiger charge is -2.12. The Bertz CT molecular complexity index is 460. The number of methoxy groups -OCH3 is 1. The van der Waals surface area contributed by atoms with Crippen LogP contribution in [-0.2, 0) is 0 Å². The zero-order chi connectivity index (χ0) is 13.7. The highest BCUT2D eigenvalue weighted by molar-refractivity contribution is 5.91. The Balaban J connectivity index is 2.94. The summed E-state index contributed by atoms with van der Waals surface area (Å²) in [5, 5.41) is 15.8. The Morgan fingerprint density at radius 1 is 1.44 bits per heavy atom. The number of nitrogens with one attached hydrogen (secondary N) is 2. The first-order valence-corrected chi connectivity index (χ1v) is 5.34. The van der Waals surface area contributed by atoms with E-state index in [-0.39, 0.29) is 17.4 Å². The standard InChI is InChI=1S/C11H15N3O4/c1-7(2)12-11(15)13-9-6-8(14(16)17)4-5-10(9)18-3/h4-7H,1-3H3,(H2,12,13,15). The van der Waals surface area contributed by atoms with Crippen molar-refractivity contribution in [1.29, 1.82) is 0 Å². The van der Waals surface area contributed by atoms with Crippen molar-refractivity contribution in [3.05, 3.63) is 28.3 Å². The van der Waals surface area contributed by atoms with E-state index in [0.717, 1.165) is 0 Å². The number of hydrogen-bond acceptors (Lipinski definition) is 4. The quantitative estimate of drug-likeness (QED) is 0.635. The molecule has 0 aromatic heterocycles. The molecule has 98 valence electrons.